The van der Waals surface area contributed by atoms with Crippen molar-refractivity contribution in [1.29, 1.82) is 0 Å². The van der Waals surface area contributed by atoms with Crippen LogP contribution in [0, 0.1) is 6.92 Å². The minimum Gasteiger partial charge on any atom is -0.507 e. The first kappa shape index (κ1) is 33.3. The minimum atomic E-state index is -3.48. The molecule has 0 unspecified atom stereocenters. The minimum absolute atomic E-state index is 0.0207. The molecule has 8 aromatic rings. The van der Waals surface area contributed by atoms with E-state index in [-0.39, 0.29) is 22.1 Å². The van der Waals surface area contributed by atoms with E-state index in [2.05, 4.69) is 90.1 Å². The van der Waals surface area contributed by atoms with Gasteiger partial charge >= 0.3 is 0 Å². The van der Waals surface area contributed by atoms with E-state index >= 15 is 0 Å². The SMILES string of the molecule is [2H]C([2H])([2H])C(c1ccc(-n2c(-c3cc(C)cc(C(C)(C)C)c3O)nc3c(-c4cc(-c5cc(-c6ccc(C(C)(C)C)cc6)ccn5)cc(C(C)(C)C)c4)cccc32)c(-c2ccccc2)c1)(C([2H])([2H])[2H])C([2H])([2H])[2H]. The Morgan fingerprint density at radius 1 is 0.508 bits per heavy atom. The number of imidazole rings is 1. The number of hydrogen-bond acceptors (Lipinski definition) is 3. The molecule has 0 radical (unpaired) electrons. The highest BCUT2D eigenvalue weighted by Crippen LogP contribution is 2.45. The van der Waals surface area contributed by atoms with Gasteiger partial charge in [-0.2, -0.15) is 0 Å². The van der Waals surface area contributed by atoms with Crippen LogP contribution in [0.3, 0.4) is 0 Å². The molecule has 1 N–H and O–H groups in total. The fraction of sp³-hybridized carbons (Fsp3) is 0.288. The largest absolute Gasteiger partial charge is 0.507 e. The summed E-state index contributed by atoms with van der Waals surface area (Å²) in [6.45, 7) is 10.7. The lowest BCUT2D eigenvalue weighted by Gasteiger charge is -2.24. The number of benzene rings is 6. The van der Waals surface area contributed by atoms with Crippen molar-refractivity contribution in [3.8, 4) is 67.5 Å². The van der Waals surface area contributed by atoms with Crippen LogP contribution in [0.25, 0.3) is 72.7 Å². The normalized spacial score (nSPS) is 15.3. The van der Waals surface area contributed by atoms with Crippen LogP contribution in [0.5, 0.6) is 5.75 Å². The number of pyridine rings is 1. The molecule has 0 aliphatic carbocycles. The monoisotopic (exact) mass is 839 g/mol. The van der Waals surface area contributed by atoms with Crippen LogP contribution in [0.2, 0.25) is 0 Å². The molecule has 0 saturated heterocycles. The van der Waals surface area contributed by atoms with Gasteiger partial charge in [0.05, 0.1) is 28.0 Å². The number of phenols is 1. The quantitative estimate of drug-likeness (QED) is 0.181. The van der Waals surface area contributed by atoms with Crippen LogP contribution in [0.4, 0.5) is 0 Å². The molecular formula is C59H63N3O. The molecule has 0 aliphatic heterocycles. The van der Waals surface area contributed by atoms with Crippen molar-refractivity contribution < 1.29 is 17.4 Å². The number of fused-ring (bicyclic) bond motifs is 1. The predicted molar refractivity (Wildman–Crippen MR) is 267 cm³/mol. The highest BCUT2D eigenvalue weighted by molar-refractivity contribution is 5.98. The molecule has 8 rings (SSSR count). The molecule has 2 aromatic heterocycles. The van der Waals surface area contributed by atoms with Crippen molar-refractivity contribution in [2.75, 3.05) is 0 Å². The summed E-state index contributed by atoms with van der Waals surface area (Å²) < 4.78 is 79.2. The van der Waals surface area contributed by atoms with Crippen LogP contribution in [0.15, 0.2) is 140 Å². The third kappa shape index (κ3) is 8.61. The number of aromatic hydroxyl groups is 1. The number of para-hydroxylation sites is 1. The molecule has 0 bridgehead atoms. The van der Waals surface area contributed by atoms with Crippen molar-refractivity contribution in [1.82, 2.24) is 14.5 Å². The molecule has 0 fully saturated rings. The van der Waals surface area contributed by atoms with Crippen molar-refractivity contribution >= 4 is 11.0 Å². The van der Waals surface area contributed by atoms with Crippen molar-refractivity contribution in [3.63, 3.8) is 0 Å². The van der Waals surface area contributed by atoms with E-state index in [0.29, 0.717) is 44.8 Å². The predicted octanol–water partition coefficient (Wildman–Crippen LogP) is 16.0. The highest BCUT2D eigenvalue weighted by atomic mass is 16.3. The second-order valence-corrected chi connectivity index (χ2v) is 20.1. The van der Waals surface area contributed by atoms with Gasteiger partial charge in [-0.3, -0.25) is 9.55 Å². The first-order chi connectivity index (χ1) is 33.3. The third-order valence-corrected chi connectivity index (χ3v) is 12.0. The maximum absolute atomic E-state index is 12.4. The number of rotatable bonds is 6. The number of aromatic nitrogens is 3. The molecule has 0 atom stereocenters. The summed E-state index contributed by atoms with van der Waals surface area (Å²) >= 11 is 0. The van der Waals surface area contributed by atoms with E-state index < -0.39 is 31.4 Å². The average Bonchev–Trinajstić information content (AvgIpc) is 3.67. The number of aryl methyl sites for hydroxylation is 1. The maximum Gasteiger partial charge on any atom is 0.149 e. The fourth-order valence-corrected chi connectivity index (χ4v) is 8.39. The Labute approximate surface area is 388 Å². The Kier molecular flexibility index (Phi) is 8.37. The van der Waals surface area contributed by atoms with Gasteiger partial charge in [0.25, 0.3) is 0 Å². The summed E-state index contributed by atoms with van der Waals surface area (Å²) in [5.41, 5.74) is 8.09. The van der Waals surface area contributed by atoms with E-state index in [1.54, 1.807) is 30.3 Å². The summed E-state index contributed by atoms with van der Waals surface area (Å²) in [5.74, 6) is 0.396. The van der Waals surface area contributed by atoms with E-state index in [1.165, 1.54) is 17.7 Å². The molecule has 0 amide bonds. The molecule has 0 spiro atoms. The Balaban J connectivity index is 1.45. The molecule has 4 nitrogen and oxygen atoms in total. The van der Waals surface area contributed by atoms with E-state index in [4.69, 9.17) is 22.3 Å². The molecule has 320 valence electrons. The first-order valence-corrected chi connectivity index (χ1v) is 21.6. The Morgan fingerprint density at radius 2 is 1.19 bits per heavy atom. The molecule has 0 saturated carbocycles. The molecule has 4 heteroatoms. The molecular weight excluding hydrogens is 767 g/mol. The van der Waals surface area contributed by atoms with Gasteiger partial charge in [-0.15, -0.1) is 0 Å². The molecule has 0 aliphatic rings. The fourth-order valence-electron chi connectivity index (χ4n) is 8.39. The van der Waals surface area contributed by atoms with Gasteiger partial charge in [0.2, 0.25) is 0 Å². The van der Waals surface area contributed by atoms with Gasteiger partial charge in [0.15, 0.2) is 0 Å². The summed E-state index contributed by atoms with van der Waals surface area (Å²) in [4.78, 5) is 10.4. The van der Waals surface area contributed by atoms with Crippen molar-refractivity contribution in [2.24, 2.45) is 0 Å². The standard InChI is InChI=1S/C59H63N3O/c1-37-30-48(54(63)49(31-37)59(11,12)13)55-61-53-46(20-17-21-52(53)62(55)51-27-26-44(57(5,6)7)36-47(51)39-18-15-14-16-19-39)41-32-42(34-45(33-41)58(8,9)10)50-35-40(28-29-60-50)38-22-24-43(25-23-38)56(2,3)4/h14-36,63H,1-13H3/i5D3,6D3,7D3. The van der Waals surface area contributed by atoms with Gasteiger partial charge < -0.3 is 5.11 Å². The maximum atomic E-state index is 12.4. The zero-order chi connectivity index (χ0) is 52.7. The molecule has 2 heterocycles. The Hall–Kier alpha value is -6.26. The van der Waals surface area contributed by atoms with Crippen molar-refractivity contribution in [3.05, 3.63) is 167 Å². The lowest BCUT2D eigenvalue weighted by atomic mass is 9.83. The zero-order valence-corrected chi connectivity index (χ0v) is 38.1. The zero-order valence-electron chi connectivity index (χ0n) is 47.1. The third-order valence-electron chi connectivity index (χ3n) is 12.0. The van der Waals surface area contributed by atoms with Crippen LogP contribution in [-0.2, 0) is 21.7 Å². The van der Waals surface area contributed by atoms with Crippen LogP contribution in [0.1, 0.15) is 123 Å². The van der Waals surface area contributed by atoms with Crippen LogP contribution in [-0.4, -0.2) is 19.6 Å². The van der Waals surface area contributed by atoms with E-state index in [0.717, 1.165) is 44.6 Å². The van der Waals surface area contributed by atoms with Crippen LogP contribution >= 0.6 is 0 Å². The smallest absolute Gasteiger partial charge is 0.149 e. The van der Waals surface area contributed by atoms with E-state index in [9.17, 15) is 5.11 Å². The van der Waals surface area contributed by atoms with Gasteiger partial charge in [-0.05, 0) is 122 Å². The van der Waals surface area contributed by atoms with Gasteiger partial charge in [0, 0.05) is 40.8 Å². The Bertz CT molecular complexity index is 3290. The summed E-state index contributed by atoms with van der Waals surface area (Å²) in [6.07, 6.45) is 1.84. The summed E-state index contributed by atoms with van der Waals surface area (Å²) in [5, 5.41) is 12.4. The number of nitrogens with zero attached hydrogens (tertiary/aromatic N) is 3. The second kappa shape index (κ2) is 15.8. The van der Waals surface area contributed by atoms with Gasteiger partial charge in [-0.25, -0.2) is 4.98 Å². The van der Waals surface area contributed by atoms with E-state index in [1.807, 2.05) is 80.9 Å². The molecule has 6 aromatic carbocycles. The summed E-state index contributed by atoms with van der Waals surface area (Å²) in [6, 6.07) is 42.4. The Morgan fingerprint density at radius 3 is 1.86 bits per heavy atom. The number of hydrogen-bond donors (Lipinski definition) is 1. The number of phenolic OH excluding ortho intramolecular Hbond substituents is 1. The second-order valence-electron chi connectivity index (χ2n) is 20.1. The lowest BCUT2D eigenvalue weighted by molar-refractivity contribution is 0.448. The van der Waals surface area contributed by atoms with Crippen molar-refractivity contribution in [2.45, 2.75) is 111 Å². The first-order valence-electron chi connectivity index (χ1n) is 26.1. The molecule has 63 heavy (non-hydrogen) atoms. The van der Waals surface area contributed by atoms with Crippen LogP contribution < -0.4 is 0 Å². The summed E-state index contributed by atoms with van der Waals surface area (Å²) in [7, 11) is 0. The lowest BCUT2D eigenvalue weighted by Crippen LogP contribution is -2.13. The van der Waals surface area contributed by atoms with Gasteiger partial charge in [0.1, 0.15) is 11.6 Å². The topological polar surface area (TPSA) is 50.9 Å². The average molecular weight is 839 g/mol. The van der Waals surface area contributed by atoms with Gasteiger partial charge in [-0.1, -0.05) is 168 Å². The highest BCUT2D eigenvalue weighted by Gasteiger charge is 2.28.